The van der Waals surface area contributed by atoms with Crippen molar-refractivity contribution >= 4 is 0 Å². The van der Waals surface area contributed by atoms with Crippen molar-refractivity contribution in [2.45, 2.75) is 13.8 Å². The Kier molecular flexibility index (Phi) is 3.33. The quantitative estimate of drug-likeness (QED) is 0.866. The summed E-state index contributed by atoms with van der Waals surface area (Å²) in [5, 5.41) is 9.43. The predicted molar refractivity (Wildman–Crippen MR) is 69.4 cm³/mol. The number of aromatic hydroxyl groups is 1. The lowest BCUT2D eigenvalue weighted by Crippen LogP contribution is -1.94. The van der Waals surface area contributed by atoms with E-state index in [0.29, 0.717) is 12.4 Å². The van der Waals surface area contributed by atoms with E-state index in [4.69, 9.17) is 4.74 Å². The van der Waals surface area contributed by atoms with Crippen molar-refractivity contribution in [3.05, 3.63) is 48.0 Å². The van der Waals surface area contributed by atoms with Gasteiger partial charge in [0.05, 0.1) is 6.61 Å². The fourth-order valence-electron chi connectivity index (χ4n) is 1.92. The van der Waals surface area contributed by atoms with Crippen molar-refractivity contribution in [2.24, 2.45) is 0 Å². The minimum Gasteiger partial charge on any atom is -0.508 e. The summed E-state index contributed by atoms with van der Waals surface area (Å²) in [6.07, 6.45) is 0. The van der Waals surface area contributed by atoms with E-state index in [2.05, 4.69) is 0 Å². The van der Waals surface area contributed by atoms with Crippen LogP contribution in [0, 0.1) is 6.92 Å². The van der Waals surface area contributed by atoms with E-state index in [9.17, 15) is 5.11 Å². The van der Waals surface area contributed by atoms with Crippen LogP contribution in [0.4, 0.5) is 0 Å². The Labute approximate surface area is 101 Å². The van der Waals surface area contributed by atoms with Crippen LogP contribution in [0.3, 0.4) is 0 Å². The van der Waals surface area contributed by atoms with Crippen LogP contribution in [0.25, 0.3) is 11.1 Å². The summed E-state index contributed by atoms with van der Waals surface area (Å²) >= 11 is 0. The van der Waals surface area contributed by atoms with Crippen molar-refractivity contribution in [2.75, 3.05) is 6.61 Å². The van der Waals surface area contributed by atoms with E-state index in [1.54, 1.807) is 12.1 Å². The lowest BCUT2D eigenvalue weighted by Gasteiger charge is -2.12. The molecule has 2 aromatic carbocycles. The second-order valence-corrected chi connectivity index (χ2v) is 3.93. The first kappa shape index (κ1) is 11.5. The highest BCUT2D eigenvalue weighted by Gasteiger charge is 2.08. The van der Waals surface area contributed by atoms with Crippen LogP contribution < -0.4 is 4.74 Å². The Morgan fingerprint density at radius 3 is 2.53 bits per heavy atom. The Bertz CT molecular complexity index is 518. The molecule has 0 heterocycles. The Morgan fingerprint density at radius 1 is 1.06 bits per heavy atom. The fraction of sp³-hybridized carbons (Fsp3) is 0.200. The molecule has 0 saturated carbocycles. The molecule has 0 unspecified atom stereocenters. The molecular weight excluding hydrogens is 212 g/mol. The average Bonchev–Trinajstić information content (AvgIpc) is 2.31. The molecule has 0 radical (unpaired) electrons. The van der Waals surface area contributed by atoms with E-state index < -0.39 is 0 Å². The predicted octanol–water partition coefficient (Wildman–Crippen LogP) is 3.77. The van der Waals surface area contributed by atoms with Crippen LogP contribution in [-0.2, 0) is 0 Å². The Morgan fingerprint density at radius 2 is 1.82 bits per heavy atom. The van der Waals surface area contributed by atoms with Crippen LogP contribution in [0.1, 0.15) is 12.5 Å². The van der Waals surface area contributed by atoms with E-state index in [-0.39, 0.29) is 0 Å². The average molecular weight is 228 g/mol. The van der Waals surface area contributed by atoms with Gasteiger partial charge in [-0.15, -0.1) is 0 Å². The molecule has 0 saturated heterocycles. The molecule has 0 bridgehead atoms. The topological polar surface area (TPSA) is 29.5 Å². The molecular formula is C15H16O2. The number of benzene rings is 2. The van der Waals surface area contributed by atoms with Gasteiger partial charge in [-0.2, -0.15) is 0 Å². The standard InChI is InChI=1S/C15H16O2/c1-3-17-15-7-5-4-6-14(15)13-9-8-12(16)10-11(13)2/h4-10,16H,3H2,1-2H3. The summed E-state index contributed by atoms with van der Waals surface area (Å²) in [6.45, 7) is 4.60. The number of phenols is 1. The Balaban J connectivity index is 2.52. The number of aryl methyl sites for hydroxylation is 1. The molecule has 0 atom stereocenters. The summed E-state index contributed by atoms with van der Waals surface area (Å²) in [5.74, 6) is 1.17. The smallest absolute Gasteiger partial charge is 0.127 e. The molecule has 0 aliphatic carbocycles. The van der Waals surface area contributed by atoms with Crippen molar-refractivity contribution in [1.82, 2.24) is 0 Å². The number of ether oxygens (including phenoxy) is 1. The third-order valence-corrected chi connectivity index (χ3v) is 2.69. The van der Waals surface area contributed by atoms with E-state index in [1.807, 2.05) is 44.2 Å². The zero-order valence-corrected chi connectivity index (χ0v) is 10.1. The summed E-state index contributed by atoms with van der Waals surface area (Å²) in [7, 11) is 0. The minimum absolute atomic E-state index is 0.292. The second-order valence-electron chi connectivity index (χ2n) is 3.93. The maximum atomic E-state index is 9.43. The highest BCUT2D eigenvalue weighted by molar-refractivity contribution is 5.73. The van der Waals surface area contributed by atoms with Crippen LogP contribution in [0.2, 0.25) is 0 Å². The third kappa shape index (κ3) is 2.41. The lowest BCUT2D eigenvalue weighted by atomic mass is 9.99. The molecule has 88 valence electrons. The number of hydrogen-bond acceptors (Lipinski definition) is 2. The number of rotatable bonds is 3. The van der Waals surface area contributed by atoms with Gasteiger partial charge in [-0.1, -0.05) is 24.3 Å². The van der Waals surface area contributed by atoms with Crippen LogP contribution in [0.5, 0.6) is 11.5 Å². The zero-order valence-electron chi connectivity index (χ0n) is 10.1. The molecule has 0 aliphatic rings. The highest BCUT2D eigenvalue weighted by Crippen LogP contribution is 2.33. The summed E-state index contributed by atoms with van der Waals surface area (Å²) in [6, 6.07) is 13.3. The first-order chi connectivity index (χ1) is 8.22. The molecule has 1 N–H and O–H groups in total. The molecule has 2 aromatic rings. The highest BCUT2D eigenvalue weighted by atomic mass is 16.5. The molecule has 0 spiro atoms. The molecule has 2 nitrogen and oxygen atoms in total. The van der Waals surface area contributed by atoms with Gasteiger partial charge in [0, 0.05) is 5.56 Å². The van der Waals surface area contributed by atoms with Gasteiger partial charge >= 0.3 is 0 Å². The maximum Gasteiger partial charge on any atom is 0.127 e. The summed E-state index contributed by atoms with van der Waals surface area (Å²) in [4.78, 5) is 0. The molecule has 0 aromatic heterocycles. The molecule has 2 rings (SSSR count). The summed E-state index contributed by atoms with van der Waals surface area (Å²) in [5.41, 5.74) is 3.19. The van der Waals surface area contributed by atoms with Crippen molar-refractivity contribution < 1.29 is 9.84 Å². The minimum atomic E-state index is 0.292. The van der Waals surface area contributed by atoms with E-state index >= 15 is 0 Å². The van der Waals surface area contributed by atoms with Gasteiger partial charge in [-0.25, -0.2) is 0 Å². The first-order valence-electron chi connectivity index (χ1n) is 5.74. The normalized spacial score (nSPS) is 10.2. The van der Waals surface area contributed by atoms with Gasteiger partial charge < -0.3 is 9.84 Å². The first-order valence-corrected chi connectivity index (χ1v) is 5.74. The third-order valence-electron chi connectivity index (χ3n) is 2.69. The van der Waals surface area contributed by atoms with Gasteiger partial charge in [-0.3, -0.25) is 0 Å². The van der Waals surface area contributed by atoms with Crippen LogP contribution in [-0.4, -0.2) is 11.7 Å². The van der Waals surface area contributed by atoms with Gasteiger partial charge in [-0.05, 0) is 43.2 Å². The molecule has 17 heavy (non-hydrogen) atoms. The molecule has 2 heteroatoms. The maximum absolute atomic E-state index is 9.43. The number of para-hydroxylation sites is 1. The van der Waals surface area contributed by atoms with Gasteiger partial charge in [0.25, 0.3) is 0 Å². The molecule has 0 fully saturated rings. The lowest BCUT2D eigenvalue weighted by molar-refractivity contribution is 0.341. The van der Waals surface area contributed by atoms with Crippen LogP contribution >= 0.6 is 0 Å². The van der Waals surface area contributed by atoms with E-state index in [0.717, 1.165) is 22.4 Å². The van der Waals surface area contributed by atoms with Gasteiger partial charge in [0.2, 0.25) is 0 Å². The Hall–Kier alpha value is -1.96. The van der Waals surface area contributed by atoms with Crippen molar-refractivity contribution in [3.8, 4) is 22.6 Å². The van der Waals surface area contributed by atoms with Crippen molar-refractivity contribution in [1.29, 1.82) is 0 Å². The van der Waals surface area contributed by atoms with Gasteiger partial charge in [0.15, 0.2) is 0 Å². The second kappa shape index (κ2) is 4.91. The van der Waals surface area contributed by atoms with E-state index in [1.165, 1.54) is 0 Å². The number of phenolic OH excluding ortho intramolecular Hbond substituents is 1. The fourth-order valence-corrected chi connectivity index (χ4v) is 1.92. The number of hydrogen-bond donors (Lipinski definition) is 1. The zero-order chi connectivity index (χ0) is 12.3. The van der Waals surface area contributed by atoms with Crippen molar-refractivity contribution in [3.63, 3.8) is 0 Å². The van der Waals surface area contributed by atoms with Gasteiger partial charge in [0.1, 0.15) is 11.5 Å². The molecule has 0 amide bonds. The monoisotopic (exact) mass is 228 g/mol. The SMILES string of the molecule is CCOc1ccccc1-c1ccc(O)cc1C. The van der Waals surface area contributed by atoms with Crippen LogP contribution in [0.15, 0.2) is 42.5 Å². The molecule has 0 aliphatic heterocycles. The summed E-state index contributed by atoms with van der Waals surface area (Å²) < 4.78 is 5.61. The largest absolute Gasteiger partial charge is 0.508 e.